The zero-order valence-electron chi connectivity index (χ0n) is 7.10. The molecular formula is C8H21AlO3. The molecule has 0 bridgehead atoms. The summed E-state index contributed by atoms with van der Waals surface area (Å²) in [6.07, 6.45) is 5.88. The van der Waals surface area contributed by atoms with E-state index in [1.54, 1.807) is 0 Å². The summed E-state index contributed by atoms with van der Waals surface area (Å²) in [5, 5.41) is 8.27. The maximum Gasteiger partial charge on any atom is 0.303 e. The Labute approximate surface area is 84.6 Å². The third-order valence-electron chi connectivity index (χ3n) is 1.49. The number of rotatable bonds is 6. The van der Waals surface area contributed by atoms with Crippen molar-refractivity contribution in [3.05, 3.63) is 0 Å². The summed E-state index contributed by atoms with van der Waals surface area (Å²) in [5.74, 6) is -0.670. The second-order valence-electron chi connectivity index (χ2n) is 2.56. The molecule has 0 aromatic heterocycles. The van der Waals surface area contributed by atoms with Crippen LogP contribution in [0.2, 0.25) is 0 Å². The van der Waals surface area contributed by atoms with Crippen LogP contribution in [0.5, 0.6) is 0 Å². The third-order valence-corrected chi connectivity index (χ3v) is 1.49. The van der Waals surface area contributed by atoms with Gasteiger partial charge in [-0.25, -0.2) is 0 Å². The van der Waals surface area contributed by atoms with Gasteiger partial charge in [0, 0.05) is 6.42 Å². The molecule has 12 heavy (non-hydrogen) atoms. The van der Waals surface area contributed by atoms with Gasteiger partial charge < -0.3 is 10.6 Å². The van der Waals surface area contributed by atoms with Crippen LogP contribution < -0.4 is 0 Å². The predicted molar refractivity (Wildman–Crippen MR) is 54.6 cm³/mol. The maximum absolute atomic E-state index is 10.0. The quantitative estimate of drug-likeness (QED) is 0.489. The summed E-state index contributed by atoms with van der Waals surface area (Å²) < 4.78 is 0. The zero-order chi connectivity index (χ0) is 7.82. The first kappa shape index (κ1) is 17.9. The number of hydrogen-bond donors (Lipinski definition) is 1. The van der Waals surface area contributed by atoms with Crippen molar-refractivity contribution in [2.75, 3.05) is 0 Å². The second-order valence-corrected chi connectivity index (χ2v) is 2.56. The topological polar surface area (TPSA) is 68.8 Å². The van der Waals surface area contributed by atoms with Gasteiger partial charge in [0.05, 0.1) is 0 Å². The standard InChI is InChI=1S/C8H16O2.Al.H2O.3H/c1-2-3-4-5-6-7-8(9)10;;;;;/h2-7H2,1H3,(H,9,10);;1H2;;;. The number of carboxylic acid groups (broad SMARTS) is 1. The lowest BCUT2D eigenvalue weighted by Crippen LogP contribution is -1.93. The van der Waals surface area contributed by atoms with Crippen LogP contribution in [-0.2, 0) is 4.79 Å². The minimum atomic E-state index is -0.670. The molecule has 74 valence electrons. The molecule has 0 amide bonds. The van der Waals surface area contributed by atoms with Crippen molar-refractivity contribution in [1.82, 2.24) is 0 Å². The van der Waals surface area contributed by atoms with Crippen molar-refractivity contribution in [2.24, 2.45) is 0 Å². The molecule has 0 heterocycles. The number of unbranched alkanes of at least 4 members (excludes halogenated alkanes) is 4. The monoisotopic (exact) mass is 192 g/mol. The Balaban J connectivity index is -0.000000405. The van der Waals surface area contributed by atoms with Gasteiger partial charge in [0.15, 0.2) is 17.4 Å². The molecule has 0 aliphatic rings. The molecule has 0 rings (SSSR count). The van der Waals surface area contributed by atoms with Gasteiger partial charge in [-0.2, -0.15) is 0 Å². The summed E-state index contributed by atoms with van der Waals surface area (Å²) in [4.78, 5) is 10.0. The second kappa shape index (κ2) is 13.5. The Bertz CT molecular complexity index is 96.3. The van der Waals surface area contributed by atoms with E-state index in [0.717, 1.165) is 12.8 Å². The van der Waals surface area contributed by atoms with Crippen LogP contribution in [-0.4, -0.2) is 33.9 Å². The summed E-state index contributed by atoms with van der Waals surface area (Å²) in [7, 11) is 0. The zero-order valence-corrected chi connectivity index (χ0v) is 7.10. The number of hydrogen-bond acceptors (Lipinski definition) is 1. The highest BCUT2D eigenvalue weighted by molar-refractivity contribution is 5.75. The lowest BCUT2D eigenvalue weighted by molar-refractivity contribution is -0.137. The van der Waals surface area contributed by atoms with Gasteiger partial charge in [-0.05, 0) is 6.42 Å². The minimum Gasteiger partial charge on any atom is -0.481 e. The molecular weight excluding hydrogens is 171 g/mol. The molecule has 3 N–H and O–H groups in total. The molecule has 0 atom stereocenters. The first-order valence-corrected chi connectivity index (χ1v) is 3.99. The summed E-state index contributed by atoms with van der Waals surface area (Å²) in [5.41, 5.74) is 0. The fourth-order valence-corrected chi connectivity index (χ4v) is 0.880. The van der Waals surface area contributed by atoms with E-state index in [1.165, 1.54) is 19.3 Å². The van der Waals surface area contributed by atoms with Gasteiger partial charge in [-0.1, -0.05) is 32.6 Å². The van der Waals surface area contributed by atoms with Crippen molar-refractivity contribution in [3.63, 3.8) is 0 Å². The first-order valence-electron chi connectivity index (χ1n) is 3.99. The molecule has 4 heteroatoms. The van der Waals surface area contributed by atoms with Crippen LogP contribution in [0.3, 0.4) is 0 Å². The number of carboxylic acids is 1. The van der Waals surface area contributed by atoms with Gasteiger partial charge in [0.2, 0.25) is 0 Å². The van der Waals surface area contributed by atoms with E-state index in [2.05, 4.69) is 6.92 Å². The highest BCUT2D eigenvalue weighted by Gasteiger charge is 1.94. The van der Waals surface area contributed by atoms with Crippen LogP contribution in [0.15, 0.2) is 0 Å². The Morgan fingerprint density at radius 2 is 1.67 bits per heavy atom. The van der Waals surface area contributed by atoms with Crippen LogP contribution in [0.4, 0.5) is 0 Å². The van der Waals surface area contributed by atoms with E-state index in [1.807, 2.05) is 0 Å². The van der Waals surface area contributed by atoms with Crippen molar-refractivity contribution >= 4 is 23.3 Å². The highest BCUT2D eigenvalue weighted by Crippen LogP contribution is 2.04. The van der Waals surface area contributed by atoms with Gasteiger partial charge in [0.1, 0.15) is 0 Å². The van der Waals surface area contributed by atoms with Gasteiger partial charge in [-0.3, -0.25) is 4.79 Å². The predicted octanol–water partition coefficient (Wildman–Crippen LogP) is 0.423. The van der Waals surface area contributed by atoms with Crippen molar-refractivity contribution in [1.29, 1.82) is 0 Å². The van der Waals surface area contributed by atoms with E-state index in [0.29, 0.717) is 6.42 Å². The molecule has 0 aromatic carbocycles. The summed E-state index contributed by atoms with van der Waals surface area (Å²) in [6, 6.07) is 0. The van der Waals surface area contributed by atoms with E-state index < -0.39 is 5.97 Å². The molecule has 0 aliphatic heterocycles. The van der Waals surface area contributed by atoms with Crippen molar-refractivity contribution in [2.45, 2.75) is 45.4 Å². The molecule has 0 radical (unpaired) electrons. The van der Waals surface area contributed by atoms with Gasteiger partial charge in [-0.15, -0.1) is 0 Å². The SMILES string of the molecule is CCCCCCCC(=O)O.O.[AlH3]. The molecule has 0 aromatic rings. The number of aliphatic carboxylic acids is 1. The van der Waals surface area contributed by atoms with Crippen LogP contribution in [0, 0.1) is 0 Å². The maximum atomic E-state index is 10.0. The van der Waals surface area contributed by atoms with Crippen LogP contribution in [0.25, 0.3) is 0 Å². The summed E-state index contributed by atoms with van der Waals surface area (Å²) >= 11 is 0. The number of carbonyl (C=O) groups is 1. The average molecular weight is 192 g/mol. The molecule has 0 aliphatic carbocycles. The molecule has 0 fully saturated rings. The van der Waals surface area contributed by atoms with Gasteiger partial charge >= 0.3 is 5.97 Å². The Morgan fingerprint density at radius 3 is 2.08 bits per heavy atom. The van der Waals surface area contributed by atoms with E-state index in [4.69, 9.17) is 5.11 Å². The Kier molecular flexibility index (Phi) is 20.2. The summed E-state index contributed by atoms with van der Waals surface area (Å²) in [6.45, 7) is 2.15. The van der Waals surface area contributed by atoms with E-state index in [-0.39, 0.29) is 22.8 Å². The third kappa shape index (κ3) is 16.5. The molecule has 3 nitrogen and oxygen atoms in total. The molecule has 0 saturated heterocycles. The first-order chi connectivity index (χ1) is 4.77. The molecule has 0 spiro atoms. The lowest BCUT2D eigenvalue weighted by atomic mass is 10.1. The highest BCUT2D eigenvalue weighted by atomic mass is 27.0. The lowest BCUT2D eigenvalue weighted by Gasteiger charge is -1.95. The van der Waals surface area contributed by atoms with Crippen molar-refractivity contribution in [3.8, 4) is 0 Å². The normalized spacial score (nSPS) is 8.08. The Hall–Kier alpha value is -0.0375. The minimum absolute atomic E-state index is 0. The van der Waals surface area contributed by atoms with E-state index in [9.17, 15) is 4.79 Å². The fourth-order valence-electron chi connectivity index (χ4n) is 0.880. The van der Waals surface area contributed by atoms with E-state index >= 15 is 0 Å². The molecule has 0 unspecified atom stereocenters. The van der Waals surface area contributed by atoms with Crippen LogP contribution >= 0.6 is 0 Å². The van der Waals surface area contributed by atoms with Gasteiger partial charge in [0.25, 0.3) is 0 Å². The fraction of sp³-hybridized carbons (Fsp3) is 0.875. The largest absolute Gasteiger partial charge is 0.481 e. The smallest absolute Gasteiger partial charge is 0.303 e. The average Bonchev–Trinajstić information content (AvgIpc) is 1.87. The Morgan fingerprint density at radius 1 is 1.17 bits per heavy atom. The van der Waals surface area contributed by atoms with Crippen molar-refractivity contribution < 1.29 is 15.4 Å². The van der Waals surface area contributed by atoms with Crippen LogP contribution in [0.1, 0.15) is 45.4 Å². The molecule has 0 saturated carbocycles.